The summed E-state index contributed by atoms with van der Waals surface area (Å²) in [4.78, 5) is 17.8. The Bertz CT molecular complexity index is 888. The highest BCUT2D eigenvalue weighted by Crippen LogP contribution is 2.49. The molecule has 1 amide bonds. The zero-order chi connectivity index (χ0) is 20.8. The van der Waals surface area contributed by atoms with Crippen LogP contribution in [0.15, 0.2) is 18.2 Å². The minimum Gasteiger partial charge on any atom is -0.364 e. The van der Waals surface area contributed by atoms with Crippen molar-refractivity contribution in [3.63, 3.8) is 0 Å². The molecule has 1 aromatic heterocycles. The summed E-state index contributed by atoms with van der Waals surface area (Å²) in [5.74, 6) is 0.268. The van der Waals surface area contributed by atoms with Crippen molar-refractivity contribution in [2.45, 2.75) is 89.9 Å². The molecule has 4 rings (SSSR count). The van der Waals surface area contributed by atoms with E-state index in [0.29, 0.717) is 16.3 Å². The molecule has 0 bridgehead atoms. The molecule has 0 radical (unpaired) electrons. The minimum atomic E-state index is -0.410. The second-order valence-corrected chi connectivity index (χ2v) is 11.5. The van der Waals surface area contributed by atoms with Gasteiger partial charge in [0.2, 0.25) is 0 Å². The van der Waals surface area contributed by atoms with Crippen molar-refractivity contribution in [2.24, 2.45) is 11.7 Å². The number of hydrogen-bond acceptors (Lipinski definition) is 3. The van der Waals surface area contributed by atoms with Crippen LogP contribution < -0.4 is 5.73 Å². The summed E-state index contributed by atoms with van der Waals surface area (Å²) in [5, 5.41) is 0.450. The molecule has 2 aliphatic rings. The van der Waals surface area contributed by atoms with Crippen molar-refractivity contribution in [1.82, 2.24) is 4.98 Å². The lowest BCUT2D eigenvalue weighted by molar-refractivity contribution is 0.0999. The number of carbonyl (C=O) groups excluding carboxylic acids is 1. The molecule has 2 N–H and O–H groups in total. The molecule has 0 aliphatic heterocycles. The van der Waals surface area contributed by atoms with E-state index in [2.05, 4.69) is 45.9 Å². The third-order valence-electron chi connectivity index (χ3n) is 6.87. The van der Waals surface area contributed by atoms with Crippen LogP contribution in [-0.4, -0.2) is 10.9 Å². The largest absolute Gasteiger partial charge is 0.364 e. The lowest BCUT2D eigenvalue weighted by Gasteiger charge is -2.24. The lowest BCUT2D eigenvalue weighted by Crippen LogP contribution is -2.14. The monoisotopic (exact) mass is 410 g/mol. The van der Waals surface area contributed by atoms with E-state index in [-0.39, 0.29) is 5.41 Å². The van der Waals surface area contributed by atoms with Gasteiger partial charge in [0.1, 0.15) is 0 Å². The van der Waals surface area contributed by atoms with Gasteiger partial charge >= 0.3 is 0 Å². The maximum absolute atomic E-state index is 11.9. The van der Waals surface area contributed by atoms with Crippen LogP contribution in [0.25, 0.3) is 10.4 Å². The van der Waals surface area contributed by atoms with Crippen molar-refractivity contribution in [3.05, 3.63) is 40.0 Å². The molecule has 2 aliphatic carbocycles. The number of rotatable bonds is 5. The fourth-order valence-corrected chi connectivity index (χ4v) is 5.43. The first kappa shape index (κ1) is 20.6. The molecule has 0 atom stereocenters. The summed E-state index contributed by atoms with van der Waals surface area (Å²) in [6.45, 7) is 9.18. The highest BCUT2D eigenvalue weighted by atomic mass is 32.1. The van der Waals surface area contributed by atoms with Crippen LogP contribution in [0.5, 0.6) is 0 Å². The molecule has 29 heavy (non-hydrogen) atoms. The van der Waals surface area contributed by atoms with E-state index in [1.807, 2.05) is 0 Å². The molecule has 2 saturated carbocycles. The van der Waals surface area contributed by atoms with Gasteiger partial charge in [-0.2, -0.15) is 0 Å². The predicted octanol–water partition coefficient (Wildman–Crippen LogP) is 6.38. The van der Waals surface area contributed by atoms with Gasteiger partial charge < -0.3 is 5.73 Å². The molecule has 1 aromatic carbocycles. The van der Waals surface area contributed by atoms with E-state index in [4.69, 9.17) is 10.7 Å². The second-order valence-electron chi connectivity index (χ2n) is 10.5. The normalized spacial score (nSPS) is 19.3. The summed E-state index contributed by atoms with van der Waals surface area (Å²) in [7, 11) is 0. The Labute approximate surface area is 179 Å². The van der Waals surface area contributed by atoms with E-state index < -0.39 is 5.91 Å². The van der Waals surface area contributed by atoms with Crippen LogP contribution in [0.1, 0.15) is 99.3 Å². The Balaban J connectivity index is 1.79. The van der Waals surface area contributed by atoms with Crippen LogP contribution >= 0.6 is 11.3 Å². The third kappa shape index (κ3) is 4.42. The first-order valence-electron chi connectivity index (χ1n) is 11.1. The summed E-state index contributed by atoms with van der Waals surface area (Å²) in [6, 6.07) is 7.07. The summed E-state index contributed by atoms with van der Waals surface area (Å²) >= 11 is 1.48. The van der Waals surface area contributed by atoms with Gasteiger partial charge in [0.05, 0.1) is 10.6 Å². The molecular formula is C25H34N2OS. The first-order valence-corrected chi connectivity index (χ1v) is 11.9. The van der Waals surface area contributed by atoms with E-state index in [1.165, 1.54) is 73.0 Å². The number of nitrogens with zero attached hydrogens (tertiary/aromatic N) is 1. The SMILES string of the molecule is CC(C)(C)c1cc(-c2sc(C(N)=O)nc2CC2CCCCC2)cc(C2(C)CC2)c1. The number of thiazole rings is 1. The number of hydrogen-bond donors (Lipinski definition) is 1. The van der Waals surface area contributed by atoms with Gasteiger partial charge in [-0.25, -0.2) is 4.98 Å². The van der Waals surface area contributed by atoms with Crippen LogP contribution in [-0.2, 0) is 17.3 Å². The molecule has 4 heteroatoms. The van der Waals surface area contributed by atoms with Gasteiger partial charge in [-0.15, -0.1) is 11.3 Å². The Kier molecular flexibility index (Phi) is 5.35. The standard InChI is InChI=1S/C25H34N2OS/c1-24(2,3)18-13-17(14-19(15-18)25(4)10-11-25)21-20(27-23(29-21)22(26)28)12-16-8-6-5-7-9-16/h13-16H,5-12H2,1-4H3,(H2,26,28). The molecule has 0 saturated heterocycles. The van der Waals surface area contributed by atoms with Crippen LogP contribution in [0, 0.1) is 5.92 Å². The van der Waals surface area contributed by atoms with E-state index in [0.717, 1.165) is 17.0 Å². The molecule has 1 heterocycles. The summed E-state index contributed by atoms with van der Waals surface area (Å²) < 4.78 is 0. The average molecular weight is 411 g/mol. The number of primary amides is 1. The van der Waals surface area contributed by atoms with Gasteiger partial charge in [-0.1, -0.05) is 65.9 Å². The number of aromatic nitrogens is 1. The maximum atomic E-state index is 11.9. The number of amides is 1. The predicted molar refractivity (Wildman–Crippen MR) is 122 cm³/mol. The number of carbonyl (C=O) groups is 1. The third-order valence-corrected chi connectivity index (χ3v) is 8.03. The number of benzene rings is 1. The average Bonchev–Trinajstić information content (AvgIpc) is 3.28. The Hall–Kier alpha value is -1.68. The molecule has 0 unspecified atom stereocenters. The van der Waals surface area contributed by atoms with Crippen LogP contribution in [0.2, 0.25) is 0 Å². The van der Waals surface area contributed by atoms with Gasteiger partial charge in [0.15, 0.2) is 5.01 Å². The number of nitrogens with two attached hydrogens (primary N) is 1. The lowest BCUT2D eigenvalue weighted by atomic mass is 9.82. The Morgan fingerprint density at radius 3 is 2.45 bits per heavy atom. The topological polar surface area (TPSA) is 56.0 Å². The van der Waals surface area contributed by atoms with Gasteiger partial charge in [-0.05, 0) is 64.8 Å². The highest BCUT2D eigenvalue weighted by molar-refractivity contribution is 7.17. The first-order chi connectivity index (χ1) is 13.7. The highest BCUT2D eigenvalue weighted by Gasteiger charge is 2.40. The minimum absolute atomic E-state index is 0.0801. The zero-order valence-corrected chi connectivity index (χ0v) is 19.1. The fraction of sp³-hybridized carbons (Fsp3) is 0.600. The second kappa shape index (κ2) is 7.54. The zero-order valence-electron chi connectivity index (χ0n) is 18.3. The van der Waals surface area contributed by atoms with E-state index in [1.54, 1.807) is 0 Å². The maximum Gasteiger partial charge on any atom is 0.277 e. The van der Waals surface area contributed by atoms with Gasteiger partial charge in [-0.3, -0.25) is 4.79 Å². The smallest absolute Gasteiger partial charge is 0.277 e. The van der Waals surface area contributed by atoms with Crippen molar-refractivity contribution in [1.29, 1.82) is 0 Å². The van der Waals surface area contributed by atoms with Crippen molar-refractivity contribution < 1.29 is 4.79 Å². The van der Waals surface area contributed by atoms with Crippen LogP contribution in [0.4, 0.5) is 0 Å². The van der Waals surface area contributed by atoms with Crippen LogP contribution in [0.3, 0.4) is 0 Å². The molecule has 3 nitrogen and oxygen atoms in total. The van der Waals surface area contributed by atoms with Crippen molar-refractivity contribution >= 4 is 17.2 Å². The fourth-order valence-electron chi connectivity index (χ4n) is 4.50. The molecule has 2 fully saturated rings. The van der Waals surface area contributed by atoms with E-state index in [9.17, 15) is 4.79 Å². The summed E-state index contributed by atoms with van der Waals surface area (Å²) in [5.41, 5.74) is 11.1. The Morgan fingerprint density at radius 2 is 1.86 bits per heavy atom. The molecule has 0 spiro atoms. The van der Waals surface area contributed by atoms with Gasteiger partial charge in [0, 0.05) is 0 Å². The summed E-state index contributed by atoms with van der Waals surface area (Å²) in [6.07, 6.45) is 9.99. The molecule has 2 aromatic rings. The Morgan fingerprint density at radius 1 is 1.17 bits per heavy atom. The molecular weight excluding hydrogens is 376 g/mol. The quantitative estimate of drug-likeness (QED) is 0.621. The van der Waals surface area contributed by atoms with Gasteiger partial charge in [0.25, 0.3) is 5.91 Å². The van der Waals surface area contributed by atoms with Crippen molar-refractivity contribution in [2.75, 3.05) is 0 Å². The molecule has 156 valence electrons. The van der Waals surface area contributed by atoms with E-state index >= 15 is 0 Å². The van der Waals surface area contributed by atoms with Crippen molar-refractivity contribution in [3.8, 4) is 10.4 Å².